The summed E-state index contributed by atoms with van der Waals surface area (Å²) in [6, 6.07) is 18.0. The molecule has 0 radical (unpaired) electrons. The number of nitrogens with zero attached hydrogens (tertiary/aromatic N) is 2. The summed E-state index contributed by atoms with van der Waals surface area (Å²) in [7, 11) is 0. The van der Waals surface area contributed by atoms with Gasteiger partial charge in [-0.3, -0.25) is 5.10 Å². The highest BCUT2D eigenvalue weighted by molar-refractivity contribution is 5.63. The van der Waals surface area contributed by atoms with Gasteiger partial charge in [0.2, 0.25) is 0 Å². The molecule has 2 aromatic carbocycles. The van der Waals surface area contributed by atoms with Crippen LogP contribution in [0.5, 0.6) is 5.75 Å². The van der Waals surface area contributed by atoms with E-state index in [0.29, 0.717) is 11.6 Å². The second kappa shape index (κ2) is 7.07. The molecule has 2 atom stereocenters. The molecule has 130 valence electrons. The molecular formula is C20H23N3O2. The van der Waals surface area contributed by atoms with Crippen molar-refractivity contribution in [2.45, 2.75) is 33.0 Å². The summed E-state index contributed by atoms with van der Waals surface area (Å²) in [4.78, 5) is 4.16. The Morgan fingerprint density at radius 3 is 2.16 bits per heavy atom. The van der Waals surface area contributed by atoms with E-state index < -0.39 is 12.2 Å². The average molecular weight is 337 g/mol. The van der Waals surface area contributed by atoms with E-state index in [0.717, 1.165) is 11.1 Å². The maximum atomic E-state index is 10.7. The molecule has 0 aliphatic carbocycles. The fourth-order valence-corrected chi connectivity index (χ4v) is 2.58. The largest absolute Gasteiger partial charge is 0.480 e. The third-order valence-corrected chi connectivity index (χ3v) is 4.10. The summed E-state index contributed by atoms with van der Waals surface area (Å²) in [5, 5.41) is 17.4. The minimum atomic E-state index is -0.741. The van der Waals surface area contributed by atoms with Gasteiger partial charge in [0.1, 0.15) is 18.2 Å². The van der Waals surface area contributed by atoms with Crippen LogP contribution in [0.2, 0.25) is 0 Å². The molecule has 0 amide bonds. The minimum Gasteiger partial charge on any atom is -0.480 e. The number of aliphatic hydroxyl groups is 1. The standard InChI is InChI=1S/C20H23N3O2/c1-20(2,3)18(24)17(19-21-13-22-23-19)25-16-11-9-15(10-12-16)14-7-5-4-6-8-14/h4-13,17-18,24H,1-3H3,(H,21,22,23). The van der Waals surface area contributed by atoms with Gasteiger partial charge in [-0.15, -0.1) is 0 Å². The molecule has 2 unspecified atom stereocenters. The fourth-order valence-electron chi connectivity index (χ4n) is 2.58. The number of rotatable bonds is 5. The number of nitrogens with one attached hydrogen (secondary N) is 1. The second-order valence-corrected chi connectivity index (χ2v) is 7.11. The van der Waals surface area contributed by atoms with Crippen molar-refractivity contribution in [3.05, 3.63) is 66.7 Å². The first-order valence-electron chi connectivity index (χ1n) is 8.30. The van der Waals surface area contributed by atoms with Crippen LogP contribution in [-0.2, 0) is 0 Å². The number of aliphatic hydroxyl groups excluding tert-OH is 1. The van der Waals surface area contributed by atoms with Gasteiger partial charge in [-0.05, 0) is 28.7 Å². The number of ether oxygens (including phenoxy) is 1. The van der Waals surface area contributed by atoms with E-state index in [9.17, 15) is 5.11 Å². The topological polar surface area (TPSA) is 71.0 Å². The van der Waals surface area contributed by atoms with E-state index in [1.165, 1.54) is 6.33 Å². The van der Waals surface area contributed by atoms with Crippen molar-refractivity contribution in [3.8, 4) is 16.9 Å². The number of hydrogen-bond acceptors (Lipinski definition) is 4. The number of aromatic amines is 1. The molecule has 0 saturated heterocycles. The Bertz CT molecular complexity index is 778. The first-order valence-corrected chi connectivity index (χ1v) is 8.30. The molecule has 0 bridgehead atoms. The van der Waals surface area contributed by atoms with Crippen molar-refractivity contribution in [1.29, 1.82) is 0 Å². The van der Waals surface area contributed by atoms with Crippen LogP contribution in [0.25, 0.3) is 11.1 Å². The predicted octanol–water partition coefficient (Wildman–Crippen LogP) is 4.00. The van der Waals surface area contributed by atoms with Crippen molar-refractivity contribution < 1.29 is 9.84 Å². The Labute approximate surface area is 147 Å². The summed E-state index contributed by atoms with van der Waals surface area (Å²) in [5.41, 5.74) is 1.90. The third kappa shape index (κ3) is 4.06. The predicted molar refractivity (Wildman–Crippen MR) is 97.1 cm³/mol. The molecular weight excluding hydrogens is 314 g/mol. The highest BCUT2D eigenvalue weighted by Crippen LogP contribution is 2.33. The summed E-state index contributed by atoms with van der Waals surface area (Å²) in [6.45, 7) is 5.88. The first-order chi connectivity index (χ1) is 11.9. The Balaban J connectivity index is 1.83. The lowest BCUT2D eigenvalue weighted by molar-refractivity contribution is -0.0368. The molecule has 0 spiro atoms. The number of benzene rings is 2. The quantitative estimate of drug-likeness (QED) is 0.738. The van der Waals surface area contributed by atoms with Gasteiger partial charge >= 0.3 is 0 Å². The van der Waals surface area contributed by atoms with Crippen molar-refractivity contribution in [2.24, 2.45) is 5.41 Å². The van der Waals surface area contributed by atoms with Gasteiger partial charge in [-0.25, -0.2) is 4.98 Å². The molecule has 1 aromatic heterocycles. The Hall–Kier alpha value is -2.66. The molecule has 0 saturated carbocycles. The first kappa shape index (κ1) is 17.2. The highest BCUT2D eigenvalue weighted by atomic mass is 16.5. The summed E-state index contributed by atoms with van der Waals surface area (Å²) >= 11 is 0. The SMILES string of the molecule is CC(C)(C)C(O)C(Oc1ccc(-c2ccccc2)cc1)c1ncn[nH]1. The monoisotopic (exact) mass is 337 g/mol. The van der Waals surface area contributed by atoms with E-state index in [-0.39, 0.29) is 5.41 Å². The fraction of sp³-hybridized carbons (Fsp3) is 0.300. The zero-order valence-electron chi connectivity index (χ0n) is 14.7. The zero-order chi connectivity index (χ0) is 17.9. The molecule has 1 heterocycles. The minimum absolute atomic E-state index is 0.360. The van der Waals surface area contributed by atoms with Crippen LogP contribution >= 0.6 is 0 Å². The Morgan fingerprint density at radius 1 is 0.960 bits per heavy atom. The van der Waals surface area contributed by atoms with Gasteiger partial charge in [0.15, 0.2) is 11.9 Å². The smallest absolute Gasteiger partial charge is 0.184 e. The molecule has 0 aliphatic rings. The summed E-state index contributed by atoms with van der Waals surface area (Å²) in [6.07, 6.45) is 0.0545. The van der Waals surface area contributed by atoms with Crippen molar-refractivity contribution in [1.82, 2.24) is 15.2 Å². The molecule has 3 aromatic rings. The molecule has 0 fully saturated rings. The molecule has 5 heteroatoms. The third-order valence-electron chi connectivity index (χ3n) is 4.10. The van der Waals surface area contributed by atoms with Crippen molar-refractivity contribution in [2.75, 3.05) is 0 Å². The lowest BCUT2D eigenvalue weighted by Gasteiger charge is -2.31. The maximum absolute atomic E-state index is 10.7. The molecule has 0 aliphatic heterocycles. The van der Waals surface area contributed by atoms with Crippen LogP contribution in [0.3, 0.4) is 0 Å². The van der Waals surface area contributed by atoms with Crippen LogP contribution in [0.1, 0.15) is 32.7 Å². The van der Waals surface area contributed by atoms with Crippen LogP contribution in [-0.4, -0.2) is 26.4 Å². The average Bonchev–Trinajstić information content (AvgIpc) is 3.14. The zero-order valence-corrected chi connectivity index (χ0v) is 14.7. The Kier molecular flexibility index (Phi) is 4.86. The second-order valence-electron chi connectivity index (χ2n) is 7.11. The lowest BCUT2D eigenvalue weighted by Crippen LogP contribution is -2.36. The molecule has 25 heavy (non-hydrogen) atoms. The Morgan fingerprint density at radius 2 is 1.60 bits per heavy atom. The normalized spacial score (nSPS) is 14.1. The summed E-state index contributed by atoms with van der Waals surface area (Å²) in [5.74, 6) is 1.18. The van der Waals surface area contributed by atoms with E-state index in [1.54, 1.807) is 0 Å². The summed E-state index contributed by atoms with van der Waals surface area (Å²) < 4.78 is 6.05. The highest BCUT2D eigenvalue weighted by Gasteiger charge is 2.35. The molecule has 3 rings (SSSR count). The van der Waals surface area contributed by atoms with Crippen molar-refractivity contribution >= 4 is 0 Å². The van der Waals surface area contributed by atoms with Gasteiger partial charge in [0.05, 0.1) is 0 Å². The van der Waals surface area contributed by atoms with E-state index in [4.69, 9.17) is 4.74 Å². The van der Waals surface area contributed by atoms with Crippen LogP contribution in [0.15, 0.2) is 60.9 Å². The van der Waals surface area contributed by atoms with Gasteiger partial charge < -0.3 is 9.84 Å². The van der Waals surface area contributed by atoms with Crippen LogP contribution < -0.4 is 4.74 Å². The van der Waals surface area contributed by atoms with E-state index in [2.05, 4.69) is 27.3 Å². The number of hydrogen-bond donors (Lipinski definition) is 2. The van der Waals surface area contributed by atoms with Gasteiger partial charge in [0, 0.05) is 0 Å². The molecule has 5 nitrogen and oxygen atoms in total. The molecule has 2 N–H and O–H groups in total. The van der Waals surface area contributed by atoms with Gasteiger partial charge in [-0.1, -0.05) is 63.2 Å². The number of aromatic nitrogens is 3. The van der Waals surface area contributed by atoms with Crippen LogP contribution in [0, 0.1) is 5.41 Å². The lowest BCUT2D eigenvalue weighted by atomic mass is 9.85. The van der Waals surface area contributed by atoms with E-state index >= 15 is 0 Å². The number of H-pyrrole nitrogens is 1. The van der Waals surface area contributed by atoms with Crippen LogP contribution in [0.4, 0.5) is 0 Å². The maximum Gasteiger partial charge on any atom is 0.184 e. The van der Waals surface area contributed by atoms with Gasteiger partial charge in [-0.2, -0.15) is 5.10 Å². The van der Waals surface area contributed by atoms with E-state index in [1.807, 2.05) is 63.2 Å². The van der Waals surface area contributed by atoms with Gasteiger partial charge in [0.25, 0.3) is 0 Å². The van der Waals surface area contributed by atoms with Crippen molar-refractivity contribution in [3.63, 3.8) is 0 Å².